The van der Waals surface area contributed by atoms with Crippen LogP contribution in [0, 0.1) is 18.3 Å². The molecule has 3 radical (unpaired) electrons. The maximum absolute atomic E-state index is 8.53. The van der Waals surface area contributed by atoms with Gasteiger partial charge in [-0.05, 0) is 18.2 Å². The van der Waals surface area contributed by atoms with E-state index in [0.717, 1.165) is 10.8 Å². The Bertz CT molecular complexity index is 286. The minimum atomic E-state index is 0.683. The monoisotopic (exact) mass is 144 g/mol. The van der Waals surface area contributed by atoms with Gasteiger partial charge in [0.1, 0.15) is 0 Å². The molecule has 0 aromatic heterocycles. The summed E-state index contributed by atoms with van der Waals surface area (Å²) >= 11 is 0. The van der Waals surface area contributed by atoms with Crippen molar-refractivity contribution in [2.75, 3.05) is 0 Å². The molecule has 0 unspecified atom stereocenters. The van der Waals surface area contributed by atoms with E-state index in [0.29, 0.717) is 5.56 Å². The molecular formula is C8H6NSi. The highest BCUT2D eigenvalue weighted by atomic mass is 28.1. The quantitative estimate of drug-likeness (QED) is 0.491. The van der Waals surface area contributed by atoms with Gasteiger partial charge >= 0.3 is 0 Å². The highest BCUT2D eigenvalue weighted by Gasteiger charge is 1.94. The number of rotatable bonds is 0. The lowest BCUT2D eigenvalue weighted by molar-refractivity contribution is 1.45. The minimum Gasteiger partial charge on any atom is -0.192 e. The lowest BCUT2D eigenvalue weighted by atomic mass is 10.2. The Morgan fingerprint density at radius 1 is 1.50 bits per heavy atom. The molecule has 0 aliphatic heterocycles. The molecule has 2 heteroatoms. The number of nitrogens with zero attached hydrogens (tertiary/aromatic N) is 1. The molecule has 0 spiro atoms. The Morgan fingerprint density at radius 2 is 2.20 bits per heavy atom. The molecule has 1 aromatic rings. The van der Waals surface area contributed by atoms with Gasteiger partial charge in [0.15, 0.2) is 0 Å². The van der Waals surface area contributed by atoms with E-state index in [4.69, 9.17) is 5.26 Å². The van der Waals surface area contributed by atoms with E-state index in [1.165, 1.54) is 0 Å². The first-order valence-electron chi connectivity index (χ1n) is 2.96. The summed E-state index contributed by atoms with van der Waals surface area (Å²) in [6.07, 6.45) is 0. The van der Waals surface area contributed by atoms with Gasteiger partial charge in [-0.15, -0.1) is 0 Å². The zero-order valence-corrected chi connectivity index (χ0v) is 6.68. The van der Waals surface area contributed by atoms with Crippen LogP contribution in [-0.2, 0) is 0 Å². The van der Waals surface area contributed by atoms with Gasteiger partial charge in [0.25, 0.3) is 0 Å². The zero-order chi connectivity index (χ0) is 7.56. The number of nitriles is 1. The van der Waals surface area contributed by atoms with Crippen LogP contribution in [0.1, 0.15) is 11.1 Å². The lowest BCUT2D eigenvalue weighted by Gasteiger charge is -1.96. The minimum absolute atomic E-state index is 0.683. The lowest BCUT2D eigenvalue weighted by Crippen LogP contribution is -2.07. The third-order valence-corrected chi connectivity index (χ3v) is 1.71. The molecule has 1 rings (SSSR count). The smallest absolute Gasteiger partial charge is 0.0990 e. The predicted molar refractivity (Wildman–Crippen MR) is 41.3 cm³/mol. The summed E-state index contributed by atoms with van der Waals surface area (Å²) in [6.45, 7) is 1.99. The van der Waals surface area contributed by atoms with E-state index < -0.39 is 0 Å². The standard InChI is InChI=1S/C8H6NSi/c1-6-2-3-7(5-9)8(10)4-6/h2-4H,1H3. The second-order valence-corrected chi connectivity index (χ2v) is 2.70. The van der Waals surface area contributed by atoms with Crippen LogP contribution in [-0.4, -0.2) is 10.2 Å². The third-order valence-electron chi connectivity index (χ3n) is 1.30. The first kappa shape index (κ1) is 7.04. The Kier molecular flexibility index (Phi) is 1.88. The number of aryl methyl sites for hydroxylation is 1. The number of hydrogen-bond donors (Lipinski definition) is 0. The van der Waals surface area contributed by atoms with Crippen molar-refractivity contribution < 1.29 is 0 Å². The first-order valence-corrected chi connectivity index (χ1v) is 3.46. The second kappa shape index (κ2) is 2.67. The van der Waals surface area contributed by atoms with Gasteiger partial charge in [0.2, 0.25) is 0 Å². The molecule has 1 aromatic carbocycles. The van der Waals surface area contributed by atoms with Crippen LogP contribution in [0.4, 0.5) is 0 Å². The summed E-state index contributed by atoms with van der Waals surface area (Å²) in [5.74, 6) is 0. The molecule has 0 saturated heterocycles. The normalized spacial score (nSPS) is 8.90. The molecule has 0 aliphatic carbocycles. The largest absolute Gasteiger partial charge is 0.192 e. The molecule has 0 aliphatic rings. The molecule has 0 fully saturated rings. The molecule has 0 saturated carbocycles. The van der Waals surface area contributed by atoms with Crippen molar-refractivity contribution in [2.24, 2.45) is 0 Å². The van der Waals surface area contributed by atoms with Crippen LogP contribution in [0.25, 0.3) is 0 Å². The van der Waals surface area contributed by atoms with Crippen molar-refractivity contribution in [3.63, 3.8) is 0 Å². The van der Waals surface area contributed by atoms with Gasteiger partial charge in [0, 0.05) is 0 Å². The summed E-state index contributed by atoms with van der Waals surface area (Å²) in [7, 11) is 3.33. The van der Waals surface area contributed by atoms with Crippen LogP contribution < -0.4 is 5.19 Å². The molecule has 0 N–H and O–H groups in total. The Balaban J connectivity index is 3.23. The number of benzene rings is 1. The molecule has 0 amide bonds. The van der Waals surface area contributed by atoms with Crippen molar-refractivity contribution in [2.45, 2.75) is 6.92 Å². The van der Waals surface area contributed by atoms with Crippen molar-refractivity contribution in [1.82, 2.24) is 0 Å². The number of hydrogen-bond acceptors (Lipinski definition) is 1. The van der Waals surface area contributed by atoms with Crippen LogP contribution >= 0.6 is 0 Å². The summed E-state index contributed by atoms with van der Waals surface area (Å²) in [5, 5.41) is 9.39. The van der Waals surface area contributed by atoms with E-state index in [-0.39, 0.29) is 0 Å². The molecule has 0 atom stereocenters. The molecule has 0 heterocycles. The van der Waals surface area contributed by atoms with Crippen LogP contribution in [0.3, 0.4) is 0 Å². The van der Waals surface area contributed by atoms with E-state index in [1.54, 1.807) is 6.07 Å². The van der Waals surface area contributed by atoms with Crippen molar-refractivity contribution >= 4 is 15.4 Å². The average molecular weight is 144 g/mol. The van der Waals surface area contributed by atoms with E-state index in [2.05, 4.69) is 16.3 Å². The van der Waals surface area contributed by atoms with Gasteiger partial charge in [-0.1, -0.05) is 17.7 Å². The van der Waals surface area contributed by atoms with Gasteiger partial charge in [-0.2, -0.15) is 5.26 Å². The van der Waals surface area contributed by atoms with Crippen molar-refractivity contribution in [3.05, 3.63) is 29.3 Å². The van der Waals surface area contributed by atoms with Crippen LogP contribution in [0.5, 0.6) is 0 Å². The van der Waals surface area contributed by atoms with Gasteiger partial charge in [0.05, 0.1) is 21.9 Å². The summed E-state index contributed by atoms with van der Waals surface area (Å²) in [5.41, 5.74) is 1.84. The van der Waals surface area contributed by atoms with Crippen LogP contribution in [0.2, 0.25) is 0 Å². The highest BCUT2D eigenvalue weighted by molar-refractivity contribution is 6.33. The Hall–Kier alpha value is -1.07. The third kappa shape index (κ3) is 1.25. The van der Waals surface area contributed by atoms with Gasteiger partial charge in [-0.25, -0.2) is 0 Å². The topological polar surface area (TPSA) is 23.8 Å². The summed E-state index contributed by atoms with van der Waals surface area (Å²) in [4.78, 5) is 0. The molecule has 0 bridgehead atoms. The maximum Gasteiger partial charge on any atom is 0.0990 e. The Morgan fingerprint density at radius 3 is 2.70 bits per heavy atom. The predicted octanol–water partition coefficient (Wildman–Crippen LogP) is 0.660. The molecular weight excluding hydrogens is 138 g/mol. The van der Waals surface area contributed by atoms with Crippen molar-refractivity contribution in [3.8, 4) is 6.07 Å². The fourth-order valence-corrected chi connectivity index (χ4v) is 1.12. The van der Waals surface area contributed by atoms with Crippen molar-refractivity contribution in [1.29, 1.82) is 5.26 Å². The maximum atomic E-state index is 8.53. The zero-order valence-electron chi connectivity index (χ0n) is 5.68. The van der Waals surface area contributed by atoms with Gasteiger partial charge in [-0.3, -0.25) is 0 Å². The van der Waals surface area contributed by atoms with E-state index in [1.807, 2.05) is 19.1 Å². The summed E-state index contributed by atoms with van der Waals surface area (Å²) < 4.78 is 0. The molecule has 47 valence electrons. The van der Waals surface area contributed by atoms with E-state index >= 15 is 0 Å². The molecule has 10 heavy (non-hydrogen) atoms. The van der Waals surface area contributed by atoms with Crippen LogP contribution in [0.15, 0.2) is 18.2 Å². The van der Waals surface area contributed by atoms with Gasteiger partial charge < -0.3 is 0 Å². The fraction of sp³-hybridized carbons (Fsp3) is 0.125. The SMILES string of the molecule is Cc1ccc(C#N)c([Si])c1. The first-order chi connectivity index (χ1) is 4.74. The summed E-state index contributed by atoms with van der Waals surface area (Å²) in [6, 6.07) is 7.72. The van der Waals surface area contributed by atoms with E-state index in [9.17, 15) is 0 Å². The Labute approximate surface area is 63.7 Å². The second-order valence-electron chi connectivity index (χ2n) is 2.16. The highest BCUT2D eigenvalue weighted by Crippen LogP contribution is 1.96. The average Bonchev–Trinajstić information content (AvgIpc) is 1.88. The fourth-order valence-electron chi connectivity index (χ4n) is 0.756. The molecule has 1 nitrogen and oxygen atoms in total.